The first kappa shape index (κ1) is 13.5. The summed E-state index contributed by atoms with van der Waals surface area (Å²) in [7, 11) is 1.85. The van der Waals surface area contributed by atoms with Gasteiger partial charge in [-0.15, -0.1) is 0 Å². The number of amides is 2. The maximum Gasteiger partial charge on any atom is 0.249 e. The number of hydrogen-bond donors (Lipinski definition) is 1. The van der Waals surface area contributed by atoms with Crippen LogP contribution in [0.15, 0.2) is 18.3 Å². The zero-order chi connectivity index (χ0) is 14.0. The Morgan fingerprint density at radius 3 is 2.63 bits per heavy atom. The van der Waals surface area contributed by atoms with E-state index in [0.717, 1.165) is 11.4 Å². The van der Waals surface area contributed by atoms with Crippen LogP contribution in [-0.4, -0.2) is 29.9 Å². The molecule has 1 aliphatic heterocycles. The molecule has 1 saturated heterocycles. The molecule has 1 aromatic rings. The van der Waals surface area contributed by atoms with E-state index >= 15 is 0 Å². The average Bonchev–Trinajstić information content (AvgIpc) is 2.38. The smallest absolute Gasteiger partial charge is 0.249 e. The summed E-state index contributed by atoms with van der Waals surface area (Å²) in [6, 6.07) is 3.64. The third-order valence-electron chi connectivity index (χ3n) is 3.45. The van der Waals surface area contributed by atoms with Gasteiger partial charge in [0.25, 0.3) is 0 Å². The molecule has 0 radical (unpaired) electrons. The minimum Gasteiger partial charge on any atom is -0.361 e. The monoisotopic (exact) mass is 261 g/mol. The quantitative estimate of drug-likeness (QED) is 0.836. The lowest BCUT2D eigenvalue weighted by Crippen LogP contribution is -2.51. The molecule has 2 heterocycles. The van der Waals surface area contributed by atoms with Gasteiger partial charge >= 0.3 is 0 Å². The predicted octanol–water partition coefficient (Wildman–Crippen LogP) is 1.45. The zero-order valence-electron chi connectivity index (χ0n) is 11.5. The Balaban J connectivity index is 2.12. The molecule has 5 heteroatoms. The van der Waals surface area contributed by atoms with Crippen molar-refractivity contribution in [2.75, 3.05) is 11.9 Å². The minimum atomic E-state index is -0.301. The summed E-state index contributed by atoms with van der Waals surface area (Å²) < 4.78 is 0. The first-order valence-corrected chi connectivity index (χ1v) is 6.51. The van der Waals surface area contributed by atoms with Gasteiger partial charge in [0, 0.05) is 19.2 Å². The van der Waals surface area contributed by atoms with Gasteiger partial charge in [0.2, 0.25) is 11.8 Å². The number of hydrogen-bond acceptors (Lipinski definition) is 4. The van der Waals surface area contributed by atoms with Crippen molar-refractivity contribution < 1.29 is 9.59 Å². The number of nitrogens with zero attached hydrogens (tertiary/aromatic N) is 2. The summed E-state index contributed by atoms with van der Waals surface area (Å²) in [5.41, 5.74) is 1.92. The van der Waals surface area contributed by atoms with E-state index in [0.29, 0.717) is 18.8 Å². The van der Waals surface area contributed by atoms with Crippen LogP contribution in [0, 0.1) is 0 Å². The van der Waals surface area contributed by atoms with Crippen molar-refractivity contribution in [3.05, 3.63) is 24.0 Å². The van der Waals surface area contributed by atoms with Gasteiger partial charge in [0.1, 0.15) is 6.04 Å². The molecule has 0 aromatic carbocycles. The minimum absolute atomic E-state index is 0.192. The highest BCUT2D eigenvalue weighted by atomic mass is 16.2. The zero-order valence-corrected chi connectivity index (χ0v) is 11.5. The van der Waals surface area contributed by atoms with Crippen LogP contribution in [0.3, 0.4) is 0 Å². The van der Waals surface area contributed by atoms with E-state index in [4.69, 9.17) is 0 Å². The fraction of sp³-hybridized carbons (Fsp3) is 0.500. The van der Waals surface area contributed by atoms with E-state index < -0.39 is 0 Å². The third kappa shape index (κ3) is 2.92. The second kappa shape index (κ2) is 5.38. The predicted molar refractivity (Wildman–Crippen MR) is 72.9 cm³/mol. The standard InChI is InChI=1S/C14H19N3O2/c1-9(2)11-5-4-10(8-15-11)17(3)12-6-7-13(18)16-14(12)19/h4-5,8-9,12H,6-7H2,1-3H3,(H,16,18,19)/t12-/m0/s1. The molecule has 0 aliphatic carbocycles. The van der Waals surface area contributed by atoms with E-state index in [1.165, 1.54) is 0 Å². The Morgan fingerprint density at radius 2 is 2.11 bits per heavy atom. The number of rotatable bonds is 3. The molecule has 1 aromatic heterocycles. The second-order valence-corrected chi connectivity index (χ2v) is 5.17. The van der Waals surface area contributed by atoms with Gasteiger partial charge in [0.15, 0.2) is 0 Å². The summed E-state index contributed by atoms with van der Waals surface area (Å²) in [4.78, 5) is 29.2. The van der Waals surface area contributed by atoms with Crippen molar-refractivity contribution in [2.24, 2.45) is 0 Å². The van der Waals surface area contributed by atoms with E-state index in [1.807, 2.05) is 24.1 Å². The van der Waals surface area contributed by atoms with Crippen LogP contribution < -0.4 is 10.2 Å². The summed E-state index contributed by atoms with van der Waals surface area (Å²) in [6.07, 6.45) is 2.71. The second-order valence-electron chi connectivity index (χ2n) is 5.17. The number of carbonyl (C=O) groups is 2. The molecule has 5 nitrogen and oxygen atoms in total. The lowest BCUT2D eigenvalue weighted by atomic mass is 10.0. The van der Waals surface area contributed by atoms with E-state index in [-0.39, 0.29) is 17.9 Å². The molecule has 0 unspecified atom stereocenters. The van der Waals surface area contributed by atoms with E-state index in [2.05, 4.69) is 24.1 Å². The number of piperidine rings is 1. The normalized spacial score (nSPS) is 19.5. The Bertz CT molecular complexity index is 482. The number of imide groups is 1. The molecule has 1 fully saturated rings. The number of pyridine rings is 1. The summed E-state index contributed by atoms with van der Waals surface area (Å²) in [6.45, 7) is 4.18. The summed E-state index contributed by atoms with van der Waals surface area (Å²) >= 11 is 0. The largest absolute Gasteiger partial charge is 0.361 e. The molecule has 1 aliphatic rings. The number of likely N-dealkylation sites (N-methyl/N-ethyl adjacent to an activating group) is 1. The molecular formula is C14H19N3O2. The van der Waals surface area contributed by atoms with Crippen LogP contribution in [0.1, 0.15) is 38.3 Å². The van der Waals surface area contributed by atoms with Gasteiger partial charge in [-0.1, -0.05) is 13.8 Å². The van der Waals surface area contributed by atoms with Crippen molar-refractivity contribution >= 4 is 17.5 Å². The molecule has 2 rings (SSSR count). The summed E-state index contributed by atoms with van der Waals surface area (Å²) in [5, 5.41) is 2.37. The molecule has 102 valence electrons. The Morgan fingerprint density at radius 1 is 1.37 bits per heavy atom. The van der Waals surface area contributed by atoms with Gasteiger partial charge in [0.05, 0.1) is 11.9 Å². The van der Waals surface area contributed by atoms with Crippen molar-refractivity contribution in [1.29, 1.82) is 0 Å². The van der Waals surface area contributed by atoms with Crippen LogP contribution in [0.4, 0.5) is 5.69 Å². The SMILES string of the molecule is CC(C)c1ccc(N(C)[C@H]2CCC(=O)NC2=O)cn1. The lowest BCUT2D eigenvalue weighted by molar-refractivity contribution is -0.134. The van der Waals surface area contributed by atoms with Crippen molar-refractivity contribution in [3.8, 4) is 0 Å². The number of nitrogens with one attached hydrogen (secondary N) is 1. The highest BCUT2D eigenvalue weighted by Crippen LogP contribution is 2.21. The third-order valence-corrected chi connectivity index (χ3v) is 3.45. The maximum absolute atomic E-state index is 11.8. The highest BCUT2D eigenvalue weighted by Gasteiger charge is 2.30. The van der Waals surface area contributed by atoms with E-state index in [1.54, 1.807) is 6.20 Å². The molecule has 1 atom stereocenters. The Hall–Kier alpha value is -1.91. The van der Waals surface area contributed by atoms with Crippen molar-refractivity contribution in [2.45, 2.75) is 38.6 Å². The summed E-state index contributed by atoms with van der Waals surface area (Å²) in [5.74, 6) is -0.0374. The van der Waals surface area contributed by atoms with Gasteiger partial charge < -0.3 is 4.90 Å². The van der Waals surface area contributed by atoms with Crippen molar-refractivity contribution in [1.82, 2.24) is 10.3 Å². The molecule has 0 bridgehead atoms. The van der Waals surface area contributed by atoms with E-state index in [9.17, 15) is 9.59 Å². The Kier molecular flexibility index (Phi) is 3.83. The molecule has 0 saturated carbocycles. The van der Waals surface area contributed by atoms with Gasteiger partial charge in [-0.2, -0.15) is 0 Å². The van der Waals surface area contributed by atoms with Gasteiger partial charge in [-0.05, 0) is 24.5 Å². The van der Waals surface area contributed by atoms with Crippen LogP contribution in [0.25, 0.3) is 0 Å². The van der Waals surface area contributed by atoms with Crippen molar-refractivity contribution in [3.63, 3.8) is 0 Å². The molecular weight excluding hydrogens is 242 g/mol. The number of anilines is 1. The first-order valence-electron chi connectivity index (χ1n) is 6.51. The molecule has 19 heavy (non-hydrogen) atoms. The topological polar surface area (TPSA) is 62.3 Å². The van der Waals surface area contributed by atoms with Gasteiger partial charge in [-0.25, -0.2) is 0 Å². The highest BCUT2D eigenvalue weighted by molar-refractivity contribution is 6.01. The fourth-order valence-electron chi connectivity index (χ4n) is 2.18. The number of aromatic nitrogens is 1. The Labute approximate surface area is 113 Å². The first-order chi connectivity index (χ1) is 8.99. The number of carbonyl (C=O) groups excluding carboxylic acids is 2. The maximum atomic E-state index is 11.8. The van der Waals surface area contributed by atoms with Crippen LogP contribution in [0.5, 0.6) is 0 Å². The van der Waals surface area contributed by atoms with Gasteiger partial charge in [-0.3, -0.25) is 19.9 Å². The van der Waals surface area contributed by atoms with Crippen LogP contribution in [0.2, 0.25) is 0 Å². The van der Waals surface area contributed by atoms with Crippen LogP contribution in [-0.2, 0) is 9.59 Å². The average molecular weight is 261 g/mol. The fourth-order valence-corrected chi connectivity index (χ4v) is 2.18. The molecule has 2 amide bonds. The molecule has 1 N–H and O–H groups in total. The lowest BCUT2D eigenvalue weighted by Gasteiger charge is -2.31. The molecule has 0 spiro atoms. The van der Waals surface area contributed by atoms with Crippen LogP contribution >= 0.6 is 0 Å².